The summed E-state index contributed by atoms with van der Waals surface area (Å²) < 4.78 is 20.5. The molecule has 1 aliphatic heterocycles. The first-order valence-electron chi connectivity index (χ1n) is 7.55. The maximum Gasteiger partial charge on any atom is 0.356 e. The van der Waals surface area contributed by atoms with Crippen molar-refractivity contribution in [1.82, 2.24) is 14.7 Å². The van der Waals surface area contributed by atoms with Gasteiger partial charge in [0.2, 0.25) is 5.88 Å². The Morgan fingerprint density at radius 1 is 1.25 bits per heavy atom. The molecule has 1 fully saturated rings. The molecule has 7 nitrogen and oxygen atoms in total. The first-order valence-corrected chi connectivity index (χ1v) is 7.55. The Balaban J connectivity index is 1.84. The lowest BCUT2D eigenvalue weighted by Gasteiger charge is -2.16. The van der Waals surface area contributed by atoms with Crippen LogP contribution in [0.25, 0.3) is 5.69 Å². The first kappa shape index (κ1) is 16.0. The highest BCUT2D eigenvalue weighted by molar-refractivity contribution is 5.86. The van der Waals surface area contributed by atoms with Gasteiger partial charge in [0.15, 0.2) is 12.3 Å². The fraction of sp³-hybridized carbons (Fsp3) is 0.312. The number of halogens is 1. The Morgan fingerprint density at radius 2 is 1.96 bits per heavy atom. The van der Waals surface area contributed by atoms with Crippen molar-refractivity contribution in [3.63, 3.8) is 0 Å². The Kier molecular flexibility index (Phi) is 4.45. The van der Waals surface area contributed by atoms with Gasteiger partial charge in [-0.05, 0) is 25.0 Å². The van der Waals surface area contributed by atoms with Gasteiger partial charge in [0.25, 0.3) is 5.91 Å². The third-order valence-corrected chi connectivity index (χ3v) is 3.78. The molecule has 0 radical (unpaired) electrons. The summed E-state index contributed by atoms with van der Waals surface area (Å²) in [6.45, 7) is 1.13. The minimum absolute atomic E-state index is 0.00467. The van der Waals surface area contributed by atoms with Crippen LogP contribution >= 0.6 is 0 Å². The predicted octanol–water partition coefficient (Wildman–Crippen LogP) is 1.71. The van der Waals surface area contributed by atoms with Gasteiger partial charge < -0.3 is 14.7 Å². The molecular weight excluding hydrogens is 317 g/mol. The number of carboxylic acids is 1. The van der Waals surface area contributed by atoms with Gasteiger partial charge in [-0.15, -0.1) is 0 Å². The highest BCUT2D eigenvalue weighted by Gasteiger charge is 2.21. The van der Waals surface area contributed by atoms with Crippen LogP contribution in [0.15, 0.2) is 30.3 Å². The van der Waals surface area contributed by atoms with E-state index in [1.165, 1.54) is 24.3 Å². The van der Waals surface area contributed by atoms with Crippen LogP contribution in [0.1, 0.15) is 23.3 Å². The number of carbonyl (C=O) groups excluding carboxylic acids is 1. The van der Waals surface area contributed by atoms with Gasteiger partial charge in [0.05, 0.1) is 0 Å². The summed E-state index contributed by atoms with van der Waals surface area (Å²) in [4.78, 5) is 24.9. The maximum atomic E-state index is 14.0. The molecule has 1 aliphatic rings. The van der Waals surface area contributed by atoms with Crippen molar-refractivity contribution in [2.24, 2.45) is 0 Å². The Bertz CT molecular complexity index is 768. The number of ether oxygens (including phenoxy) is 1. The summed E-state index contributed by atoms with van der Waals surface area (Å²) in [5, 5.41) is 12.9. The van der Waals surface area contributed by atoms with Crippen LogP contribution < -0.4 is 4.74 Å². The number of para-hydroxylation sites is 1. The van der Waals surface area contributed by atoms with Crippen molar-refractivity contribution in [2.45, 2.75) is 12.8 Å². The van der Waals surface area contributed by atoms with Crippen molar-refractivity contribution in [2.75, 3.05) is 19.7 Å². The molecule has 126 valence electrons. The van der Waals surface area contributed by atoms with E-state index in [0.717, 1.165) is 17.5 Å². The second-order valence-corrected chi connectivity index (χ2v) is 5.41. The minimum Gasteiger partial charge on any atom is -0.476 e. The molecule has 8 heteroatoms. The van der Waals surface area contributed by atoms with E-state index in [-0.39, 0.29) is 29.8 Å². The molecule has 1 N–H and O–H groups in total. The molecule has 2 heterocycles. The SMILES string of the molecule is O=C(O)c1cc(OCC(=O)N2CCCC2)n(-c2ccccc2F)n1. The quantitative estimate of drug-likeness (QED) is 0.900. The number of carbonyl (C=O) groups is 2. The number of aromatic carboxylic acids is 1. The van der Waals surface area contributed by atoms with Crippen molar-refractivity contribution in [3.8, 4) is 11.6 Å². The molecular formula is C16H16FN3O4. The fourth-order valence-electron chi connectivity index (χ4n) is 2.56. The van der Waals surface area contributed by atoms with Crippen LogP contribution in [0.2, 0.25) is 0 Å². The fourth-order valence-corrected chi connectivity index (χ4v) is 2.56. The number of carboxylic acid groups (broad SMARTS) is 1. The van der Waals surface area contributed by atoms with Crippen LogP contribution in [0, 0.1) is 5.82 Å². The molecule has 0 unspecified atom stereocenters. The summed E-state index contributed by atoms with van der Waals surface area (Å²) >= 11 is 0. The molecule has 0 atom stereocenters. The number of likely N-dealkylation sites (tertiary alicyclic amines) is 1. The lowest BCUT2D eigenvalue weighted by atomic mass is 10.3. The number of benzene rings is 1. The van der Waals surface area contributed by atoms with Gasteiger partial charge in [-0.25, -0.2) is 9.18 Å². The molecule has 3 rings (SSSR count). The van der Waals surface area contributed by atoms with E-state index in [0.29, 0.717) is 13.1 Å². The lowest BCUT2D eigenvalue weighted by Crippen LogP contribution is -2.32. The second-order valence-electron chi connectivity index (χ2n) is 5.41. The van der Waals surface area contributed by atoms with E-state index in [2.05, 4.69) is 5.10 Å². The standard InChI is InChI=1S/C16H16FN3O4/c17-11-5-1-2-6-13(11)20-15(9-12(18-20)16(22)23)24-10-14(21)19-7-3-4-8-19/h1-2,5-6,9H,3-4,7-8,10H2,(H,22,23). The second kappa shape index (κ2) is 6.69. The Morgan fingerprint density at radius 3 is 2.62 bits per heavy atom. The van der Waals surface area contributed by atoms with Gasteiger partial charge in [-0.3, -0.25) is 4.79 Å². The monoisotopic (exact) mass is 333 g/mol. The number of hydrogen-bond acceptors (Lipinski definition) is 4. The largest absolute Gasteiger partial charge is 0.476 e. The predicted molar refractivity (Wildman–Crippen MR) is 81.8 cm³/mol. The minimum atomic E-state index is -1.26. The van der Waals surface area contributed by atoms with Crippen LogP contribution in [0.3, 0.4) is 0 Å². The van der Waals surface area contributed by atoms with Crippen molar-refractivity contribution in [1.29, 1.82) is 0 Å². The van der Waals surface area contributed by atoms with Gasteiger partial charge in [0.1, 0.15) is 11.5 Å². The average Bonchev–Trinajstić information content (AvgIpc) is 3.23. The summed E-state index contributed by atoms with van der Waals surface area (Å²) in [5.74, 6) is -2.02. The number of rotatable bonds is 5. The number of amides is 1. The highest BCUT2D eigenvalue weighted by Crippen LogP contribution is 2.22. The smallest absolute Gasteiger partial charge is 0.356 e. The number of hydrogen-bond donors (Lipinski definition) is 1. The third kappa shape index (κ3) is 3.22. The van der Waals surface area contributed by atoms with Gasteiger partial charge in [-0.1, -0.05) is 12.1 Å². The van der Waals surface area contributed by atoms with Crippen molar-refractivity contribution in [3.05, 3.63) is 41.8 Å². The summed E-state index contributed by atoms with van der Waals surface area (Å²) in [5.41, 5.74) is -0.240. The van der Waals surface area contributed by atoms with Crippen LogP contribution in [-0.2, 0) is 4.79 Å². The van der Waals surface area contributed by atoms with E-state index >= 15 is 0 Å². The molecule has 0 saturated carbocycles. The molecule has 1 saturated heterocycles. The zero-order valence-corrected chi connectivity index (χ0v) is 12.8. The van der Waals surface area contributed by atoms with E-state index in [1.807, 2.05) is 0 Å². The lowest BCUT2D eigenvalue weighted by molar-refractivity contribution is -0.132. The highest BCUT2D eigenvalue weighted by atomic mass is 19.1. The van der Waals surface area contributed by atoms with Gasteiger partial charge >= 0.3 is 5.97 Å². The topological polar surface area (TPSA) is 84.7 Å². The molecule has 2 aromatic rings. The molecule has 1 aromatic heterocycles. The summed E-state index contributed by atoms with van der Waals surface area (Å²) in [7, 11) is 0. The molecule has 1 amide bonds. The Hall–Kier alpha value is -2.90. The van der Waals surface area contributed by atoms with E-state index in [4.69, 9.17) is 9.84 Å². The molecule has 0 aliphatic carbocycles. The molecule has 0 bridgehead atoms. The first-order chi connectivity index (χ1) is 11.6. The average molecular weight is 333 g/mol. The van der Waals surface area contributed by atoms with Crippen molar-refractivity contribution >= 4 is 11.9 Å². The van der Waals surface area contributed by atoms with E-state index in [1.54, 1.807) is 11.0 Å². The maximum absolute atomic E-state index is 14.0. The van der Waals surface area contributed by atoms with Crippen LogP contribution in [0.4, 0.5) is 4.39 Å². The number of nitrogens with zero attached hydrogens (tertiary/aromatic N) is 3. The van der Waals surface area contributed by atoms with Crippen molar-refractivity contribution < 1.29 is 23.8 Å². The summed E-state index contributed by atoms with van der Waals surface area (Å²) in [6.07, 6.45) is 1.92. The zero-order valence-electron chi connectivity index (χ0n) is 12.8. The Labute approximate surface area is 137 Å². The number of aromatic nitrogens is 2. The molecule has 0 spiro atoms. The molecule has 24 heavy (non-hydrogen) atoms. The third-order valence-electron chi connectivity index (χ3n) is 3.78. The molecule has 1 aromatic carbocycles. The van der Waals surface area contributed by atoms with E-state index in [9.17, 15) is 14.0 Å². The normalized spacial score (nSPS) is 14.0. The zero-order chi connectivity index (χ0) is 17.1. The van der Waals surface area contributed by atoms with Gasteiger partial charge in [0, 0.05) is 19.2 Å². The van der Waals surface area contributed by atoms with Crippen LogP contribution in [0.5, 0.6) is 5.88 Å². The van der Waals surface area contributed by atoms with E-state index < -0.39 is 11.8 Å². The summed E-state index contributed by atoms with van der Waals surface area (Å²) in [6, 6.07) is 6.96. The van der Waals surface area contributed by atoms with Gasteiger partial charge in [-0.2, -0.15) is 9.78 Å². The van der Waals surface area contributed by atoms with Crippen LogP contribution in [-0.4, -0.2) is 51.4 Å².